The number of halogens is 3. The van der Waals surface area contributed by atoms with E-state index in [1.165, 1.54) is 0 Å². The van der Waals surface area contributed by atoms with Gasteiger partial charge in [-0.25, -0.2) is 23.1 Å². The van der Waals surface area contributed by atoms with Crippen molar-refractivity contribution in [1.82, 2.24) is 15.3 Å². The normalized spacial score (nSPS) is 18.3. The van der Waals surface area contributed by atoms with E-state index in [0.29, 0.717) is 12.8 Å². The van der Waals surface area contributed by atoms with Crippen molar-refractivity contribution in [2.45, 2.75) is 65.0 Å². The first-order valence-electron chi connectivity index (χ1n) is 11.2. The third kappa shape index (κ3) is 5.69. The van der Waals surface area contributed by atoms with Gasteiger partial charge in [0.15, 0.2) is 17.5 Å². The van der Waals surface area contributed by atoms with E-state index in [1.807, 2.05) is 13.0 Å². The molecule has 2 aromatic rings. The summed E-state index contributed by atoms with van der Waals surface area (Å²) in [6.45, 7) is 7.94. The standard InChI is InChI=1S/C23H30F3N5O/c1-4-19-29-20(13-21(30-19)31(5-2)6-3)27-15-7-9-16(10-8-15)28-23(32)14-11-17(24)22(26)18(25)12-14/h11-13,15-16H,4-10H2,1-3H3,(H,28,32)(H,27,29,30). The highest BCUT2D eigenvalue weighted by molar-refractivity contribution is 5.94. The van der Waals surface area contributed by atoms with Crippen molar-refractivity contribution in [3.63, 3.8) is 0 Å². The van der Waals surface area contributed by atoms with Crippen LogP contribution in [0.3, 0.4) is 0 Å². The molecule has 1 aromatic heterocycles. The molecule has 0 saturated heterocycles. The molecule has 2 N–H and O–H groups in total. The summed E-state index contributed by atoms with van der Waals surface area (Å²) in [6, 6.07) is 3.49. The maximum absolute atomic E-state index is 13.4. The van der Waals surface area contributed by atoms with Crippen LogP contribution in [0.5, 0.6) is 0 Å². The van der Waals surface area contributed by atoms with Crippen LogP contribution in [-0.4, -0.2) is 41.0 Å². The van der Waals surface area contributed by atoms with Crippen LogP contribution in [0.15, 0.2) is 18.2 Å². The fourth-order valence-corrected chi connectivity index (χ4v) is 3.97. The van der Waals surface area contributed by atoms with Crippen molar-refractivity contribution >= 4 is 17.5 Å². The van der Waals surface area contributed by atoms with Gasteiger partial charge < -0.3 is 15.5 Å². The predicted molar refractivity (Wildman–Crippen MR) is 118 cm³/mol. The summed E-state index contributed by atoms with van der Waals surface area (Å²) in [5, 5.41) is 6.29. The number of aromatic nitrogens is 2. The van der Waals surface area contributed by atoms with Gasteiger partial charge in [-0.15, -0.1) is 0 Å². The average Bonchev–Trinajstić information content (AvgIpc) is 2.79. The van der Waals surface area contributed by atoms with Crippen molar-refractivity contribution in [3.05, 3.63) is 47.0 Å². The summed E-state index contributed by atoms with van der Waals surface area (Å²) in [6.07, 6.45) is 3.79. The number of carbonyl (C=O) groups excluding carboxylic acids is 1. The predicted octanol–water partition coefficient (Wildman–Crippen LogP) is 4.46. The van der Waals surface area contributed by atoms with Crippen LogP contribution in [0.4, 0.5) is 24.8 Å². The molecule has 1 aliphatic rings. The number of amides is 1. The van der Waals surface area contributed by atoms with Crippen LogP contribution in [0.1, 0.15) is 62.6 Å². The van der Waals surface area contributed by atoms with E-state index in [4.69, 9.17) is 0 Å². The van der Waals surface area contributed by atoms with Gasteiger partial charge in [0, 0.05) is 43.2 Å². The number of hydrogen-bond donors (Lipinski definition) is 2. The highest BCUT2D eigenvalue weighted by atomic mass is 19.2. The Bertz CT molecular complexity index is 920. The number of anilines is 2. The fourth-order valence-electron chi connectivity index (χ4n) is 3.97. The van der Waals surface area contributed by atoms with E-state index >= 15 is 0 Å². The first kappa shape index (κ1) is 23.8. The third-order valence-corrected chi connectivity index (χ3v) is 5.82. The number of benzene rings is 1. The van der Waals surface area contributed by atoms with Crippen LogP contribution < -0.4 is 15.5 Å². The Kier molecular flexibility index (Phi) is 7.93. The van der Waals surface area contributed by atoms with Crippen LogP contribution in [0.25, 0.3) is 0 Å². The van der Waals surface area contributed by atoms with Crippen molar-refractivity contribution in [2.24, 2.45) is 0 Å². The van der Waals surface area contributed by atoms with E-state index in [9.17, 15) is 18.0 Å². The smallest absolute Gasteiger partial charge is 0.251 e. The van der Waals surface area contributed by atoms with Crippen molar-refractivity contribution < 1.29 is 18.0 Å². The Hall–Kier alpha value is -2.84. The maximum atomic E-state index is 13.4. The molecular formula is C23H30F3N5O. The summed E-state index contributed by atoms with van der Waals surface area (Å²) < 4.78 is 39.9. The molecule has 0 aliphatic heterocycles. The highest BCUT2D eigenvalue weighted by Crippen LogP contribution is 2.24. The molecule has 9 heteroatoms. The number of rotatable bonds is 8. The monoisotopic (exact) mass is 449 g/mol. The van der Waals surface area contributed by atoms with Gasteiger partial charge in [-0.3, -0.25) is 4.79 Å². The van der Waals surface area contributed by atoms with Crippen molar-refractivity contribution in [3.8, 4) is 0 Å². The second-order valence-corrected chi connectivity index (χ2v) is 7.97. The lowest BCUT2D eigenvalue weighted by atomic mass is 9.91. The lowest BCUT2D eigenvalue weighted by Gasteiger charge is -2.30. The number of nitrogens with zero attached hydrogens (tertiary/aromatic N) is 3. The first-order valence-corrected chi connectivity index (χ1v) is 11.2. The topological polar surface area (TPSA) is 70.2 Å². The maximum Gasteiger partial charge on any atom is 0.251 e. The van der Waals surface area contributed by atoms with Gasteiger partial charge in [0.05, 0.1) is 0 Å². The molecule has 0 unspecified atom stereocenters. The lowest BCUT2D eigenvalue weighted by Crippen LogP contribution is -2.40. The first-order chi connectivity index (χ1) is 15.3. The number of hydrogen-bond acceptors (Lipinski definition) is 5. The Morgan fingerprint density at radius 1 is 0.969 bits per heavy atom. The SMILES string of the molecule is CCc1nc(NC2CCC(NC(=O)c3cc(F)c(F)c(F)c3)CC2)cc(N(CC)CC)n1. The molecule has 1 fully saturated rings. The van der Waals surface area contributed by atoms with Crippen molar-refractivity contribution in [2.75, 3.05) is 23.3 Å². The van der Waals surface area contributed by atoms with Crippen LogP contribution in [0.2, 0.25) is 0 Å². The molecule has 1 heterocycles. The molecule has 1 aromatic carbocycles. The lowest BCUT2D eigenvalue weighted by molar-refractivity contribution is 0.0925. The van der Waals surface area contributed by atoms with E-state index < -0.39 is 23.4 Å². The minimum Gasteiger partial charge on any atom is -0.367 e. The molecule has 0 radical (unpaired) electrons. The van der Waals surface area contributed by atoms with E-state index in [1.54, 1.807) is 0 Å². The zero-order chi connectivity index (χ0) is 23.3. The number of aryl methyl sites for hydroxylation is 1. The molecule has 3 rings (SSSR count). The quantitative estimate of drug-likeness (QED) is 0.583. The summed E-state index contributed by atoms with van der Waals surface area (Å²) >= 11 is 0. The molecular weight excluding hydrogens is 419 g/mol. The number of nitrogens with one attached hydrogen (secondary N) is 2. The molecule has 0 atom stereocenters. The molecule has 174 valence electrons. The molecule has 0 spiro atoms. The molecule has 6 nitrogen and oxygen atoms in total. The van der Waals surface area contributed by atoms with Gasteiger partial charge in [0.2, 0.25) is 0 Å². The zero-order valence-corrected chi connectivity index (χ0v) is 18.7. The van der Waals surface area contributed by atoms with Gasteiger partial charge in [0.25, 0.3) is 5.91 Å². The second kappa shape index (κ2) is 10.7. The molecule has 0 bridgehead atoms. The Morgan fingerprint density at radius 2 is 1.56 bits per heavy atom. The Labute approximate surface area is 186 Å². The summed E-state index contributed by atoms with van der Waals surface area (Å²) in [5.74, 6) is -2.43. The van der Waals surface area contributed by atoms with Crippen molar-refractivity contribution in [1.29, 1.82) is 0 Å². The van der Waals surface area contributed by atoms with E-state index in [2.05, 4.69) is 39.3 Å². The van der Waals surface area contributed by atoms with Gasteiger partial charge in [-0.2, -0.15) is 0 Å². The zero-order valence-electron chi connectivity index (χ0n) is 18.7. The van der Waals surface area contributed by atoms with Crippen LogP contribution >= 0.6 is 0 Å². The van der Waals surface area contributed by atoms with Crippen LogP contribution in [0, 0.1) is 17.5 Å². The fraction of sp³-hybridized carbons (Fsp3) is 0.522. The minimum absolute atomic E-state index is 0.112. The molecule has 1 saturated carbocycles. The van der Waals surface area contributed by atoms with E-state index in [-0.39, 0.29) is 17.6 Å². The Morgan fingerprint density at radius 3 is 2.12 bits per heavy atom. The molecule has 1 aliphatic carbocycles. The third-order valence-electron chi connectivity index (χ3n) is 5.82. The van der Waals surface area contributed by atoms with Gasteiger partial charge in [-0.1, -0.05) is 6.92 Å². The van der Waals surface area contributed by atoms with Crippen LogP contribution in [-0.2, 0) is 6.42 Å². The Balaban J connectivity index is 1.58. The molecule has 1 amide bonds. The van der Waals surface area contributed by atoms with E-state index in [0.717, 1.165) is 61.9 Å². The van der Waals surface area contributed by atoms with Gasteiger partial charge in [0.1, 0.15) is 17.5 Å². The largest absolute Gasteiger partial charge is 0.367 e. The summed E-state index contributed by atoms with van der Waals surface area (Å²) in [7, 11) is 0. The summed E-state index contributed by atoms with van der Waals surface area (Å²) in [5.41, 5.74) is -0.223. The second-order valence-electron chi connectivity index (χ2n) is 7.97. The minimum atomic E-state index is -1.58. The summed E-state index contributed by atoms with van der Waals surface area (Å²) in [4.78, 5) is 23.7. The van der Waals surface area contributed by atoms with Gasteiger partial charge in [-0.05, 0) is 51.7 Å². The highest BCUT2D eigenvalue weighted by Gasteiger charge is 2.24. The average molecular weight is 450 g/mol. The van der Waals surface area contributed by atoms with Gasteiger partial charge >= 0.3 is 0 Å². The molecule has 32 heavy (non-hydrogen) atoms. The number of carbonyl (C=O) groups is 1.